The van der Waals surface area contributed by atoms with E-state index in [0.717, 1.165) is 37.4 Å². The van der Waals surface area contributed by atoms with E-state index in [1.54, 1.807) is 11.4 Å². The van der Waals surface area contributed by atoms with Crippen molar-refractivity contribution >= 4 is 23.4 Å². The molecule has 1 heterocycles. The number of hydrogen-bond acceptors (Lipinski definition) is 5. The molecule has 0 fully saturated rings. The van der Waals surface area contributed by atoms with Crippen molar-refractivity contribution in [2.45, 2.75) is 33.9 Å². The van der Waals surface area contributed by atoms with Crippen molar-refractivity contribution in [2.24, 2.45) is 4.99 Å². The third kappa shape index (κ3) is 4.25. The summed E-state index contributed by atoms with van der Waals surface area (Å²) in [4.78, 5) is 15.2. The molecule has 0 aliphatic carbocycles. The number of nitrogens with zero attached hydrogens (tertiary/aromatic N) is 4. The first-order valence-corrected chi connectivity index (χ1v) is 9.89. The SMILES string of the molecule is CCN(CC)c1ccc(C2N=CN(c3ccc(N(CC)CC)cc3)O2)cc1. The van der Waals surface area contributed by atoms with Gasteiger partial charge in [0.2, 0.25) is 6.23 Å². The fourth-order valence-corrected chi connectivity index (χ4v) is 3.40. The first kappa shape index (κ1) is 19.2. The second kappa shape index (κ2) is 8.91. The summed E-state index contributed by atoms with van der Waals surface area (Å²) in [7, 11) is 0. The molecule has 3 rings (SSSR count). The number of rotatable bonds is 8. The molecule has 1 aliphatic heterocycles. The molecule has 1 unspecified atom stereocenters. The Morgan fingerprint density at radius 3 is 1.74 bits per heavy atom. The fourth-order valence-electron chi connectivity index (χ4n) is 3.40. The maximum atomic E-state index is 6.02. The van der Waals surface area contributed by atoms with Crippen molar-refractivity contribution in [1.29, 1.82) is 0 Å². The van der Waals surface area contributed by atoms with Crippen LogP contribution in [-0.2, 0) is 4.84 Å². The summed E-state index contributed by atoms with van der Waals surface area (Å²) in [5.74, 6) is 0. The highest BCUT2D eigenvalue weighted by molar-refractivity contribution is 5.78. The van der Waals surface area contributed by atoms with Gasteiger partial charge in [-0.2, -0.15) is 0 Å². The minimum Gasteiger partial charge on any atom is -0.372 e. The van der Waals surface area contributed by atoms with E-state index in [1.165, 1.54) is 11.4 Å². The molecule has 1 atom stereocenters. The van der Waals surface area contributed by atoms with Gasteiger partial charge < -0.3 is 9.80 Å². The second-order valence-corrected chi connectivity index (χ2v) is 6.50. The van der Waals surface area contributed by atoms with E-state index in [-0.39, 0.29) is 6.23 Å². The highest BCUT2D eigenvalue weighted by Crippen LogP contribution is 2.30. The zero-order valence-corrected chi connectivity index (χ0v) is 16.8. The number of anilines is 3. The maximum Gasteiger partial charge on any atom is 0.202 e. The van der Waals surface area contributed by atoms with Gasteiger partial charge in [0.15, 0.2) is 0 Å². The van der Waals surface area contributed by atoms with Gasteiger partial charge in [-0.1, -0.05) is 12.1 Å². The molecule has 0 N–H and O–H groups in total. The lowest BCUT2D eigenvalue weighted by Gasteiger charge is -2.23. The lowest BCUT2D eigenvalue weighted by atomic mass is 10.1. The van der Waals surface area contributed by atoms with Crippen LogP contribution in [0.2, 0.25) is 0 Å². The zero-order valence-electron chi connectivity index (χ0n) is 16.8. The summed E-state index contributed by atoms with van der Waals surface area (Å²) in [6, 6.07) is 16.9. The first-order valence-electron chi connectivity index (χ1n) is 9.89. The smallest absolute Gasteiger partial charge is 0.202 e. The third-order valence-corrected chi connectivity index (χ3v) is 5.06. The number of aliphatic imine (C=N–C) groups is 1. The van der Waals surface area contributed by atoms with Gasteiger partial charge in [-0.3, -0.25) is 0 Å². The Balaban J connectivity index is 1.66. The molecular weight excluding hydrogens is 336 g/mol. The van der Waals surface area contributed by atoms with E-state index in [1.807, 2.05) is 0 Å². The van der Waals surface area contributed by atoms with Gasteiger partial charge in [0.1, 0.15) is 6.34 Å². The van der Waals surface area contributed by atoms with Crippen molar-refractivity contribution in [3.05, 3.63) is 54.1 Å². The quantitative estimate of drug-likeness (QED) is 0.668. The van der Waals surface area contributed by atoms with Crippen LogP contribution in [0.25, 0.3) is 0 Å². The first-order chi connectivity index (χ1) is 13.2. The Hall–Kier alpha value is -2.53. The van der Waals surface area contributed by atoms with Crippen molar-refractivity contribution in [2.75, 3.05) is 41.0 Å². The molecule has 5 heteroatoms. The van der Waals surface area contributed by atoms with Crippen molar-refractivity contribution in [3.8, 4) is 0 Å². The molecule has 5 nitrogen and oxygen atoms in total. The van der Waals surface area contributed by atoms with Gasteiger partial charge in [-0.05, 0) is 64.1 Å². The number of benzene rings is 2. The van der Waals surface area contributed by atoms with Crippen LogP contribution in [-0.4, -0.2) is 32.5 Å². The summed E-state index contributed by atoms with van der Waals surface area (Å²) in [6.07, 6.45) is 1.47. The Labute approximate surface area is 162 Å². The molecule has 0 radical (unpaired) electrons. The molecule has 0 amide bonds. The van der Waals surface area contributed by atoms with Crippen LogP contribution in [0.4, 0.5) is 17.1 Å². The predicted molar refractivity (Wildman–Crippen MR) is 115 cm³/mol. The summed E-state index contributed by atoms with van der Waals surface area (Å²) in [6.45, 7) is 12.7. The molecule has 0 aromatic heterocycles. The minimum atomic E-state index is -0.293. The van der Waals surface area contributed by atoms with E-state index in [2.05, 4.69) is 91.0 Å². The van der Waals surface area contributed by atoms with Gasteiger partial charge in [-0.15, -0.1) is 0 Å². The second-order valence-electron chi connectivity index (χ2n) is 6.50. The summed E-state index contributed by atoms with van der Waals surface area (Å²) >= 11 is 0. The third-order valence-electron chi connectivity index (χ3n) is 5.06. The molecule has 0 spiro atoms. The molecule has 0 bridgehead atoms. The van der Waals surface area contributed by atoms with Crippen LogP contribution in [0.15, 0.2) is 53.5 Å². The Morgan fingerprint density at radius 1 is 0.778 bits per heavy atom. The van der Waals surface area contributed by atoms with Gasteiger partial charge in [0, 0.05) is 43.1 Å². The van der Waals surface area contributed by atoms with Crippen LogP contribution in [0.3, 0.4) is 0 Å². The van der Waals surface area contributed by atoms with Gasteiger partial charge in [0.05, 0.1) is 5.69 Å². The maximum absolute atomic E-state index is 6.02. The predicted octanol–water partition coefficient (Wildman–Crippen LogP) is 4.86. The molecule has 2 aromatic rings. The van der Waals surface area contributed by atoms with Crippen LogP contribution < -0.4 is 14.9 Å². The van der Waals surface area contributed by atoms with Gasteiger partial charge in [-0.25, -0.2) is 14.9 Å². The Kier molecular flexibility index (Phi) is 6.35. The fraction of sp³-hybridized carbons (Fsp3) is 0.409. The lowest BCUT2D eigenvalue weighted by molar-refractivity contribution is 0.0876. The van der Waals surface area contributed by atoms with E-state index in [4.69, 9.17) is 4.84 Å². The van der Waals surface area contributed by atoms with Crippen LogP contribution in [0, 0.1) is 0 Å². The largest absolute Gasteiger partial charge is 0.372 e. The average Bonchev–Trinajstić information content (AvgIpc) is 3.21. The zero-order chi connectivity index (χ0) is 19.2. The molecule has 0 saturated heterocycles. The van der Waals surface area contributed by atoms with E-state index < -0.39 is 0 Å². The normalized spacial score (nSPS) is 16.0. The molecular formula is C22H30N4O. The highest BCUT2D eigenvalue weighted by Gasteiger charge is 2.21. The average molecular weight is 367 g/mol. The van der Waals surface area contributed by atoms with E-state index in [9.17, 15) is 0 Å². The highest BCUT2D eigenvalue weighted by atomic mass is 16.7. The molecule has 144 valence electrons. The van der Waals surface area contributed by atoms with Crippen LogP contribution >= 0.6 is 0 Å². The monoisotopic (exact) mass is 366 g/mol. The van der Waals surface area contributed by atoms with E-state index >= 15 is 0 Å². The van der Waals surface area contributed by atoms with Crippen LogP contribution in [0.5, 0.6) is 0 Å². The van der Waals surface area contributed by atoms with Crippen molar-refractivity contribution in [1.82, 2.24) is 0 Å². The van der Waals surface area contributed by atoms with Crippen molar-refractivity contribution < 1.29 is 4.84 Å². The van der Waals surface area contributed by atoms with Crippen LogP contribution in [0.1, 0.15) is 39.5 Å². The number of hydrogen-bond donors (Lipinski definition) is 0. The molecule has 27 heavy (non-hydrogen) atoms. The van der Waals surface area contributed by atoms with Gasteiger partial charge in [0.25, 0.3) is 0 Å². The summed E-state index contributed by atoms with van der Waals surface area (Å²) in [5.41, 5.74) is 4.50. The molecule has 1 aliphatic rings. The lowest BCUT2D eigenvalue weighted by Crippen LogP contribution is -2.22. The standard InChI is InChI=1S/C22H30N4O/c1-5-24(6-2)19-11-9-18(10-12-19)22-23-17-26(27-22)21-15-13-20(14-16-21)25(7-3)8-4/h9-17,22H,5-8H2,1-4H3. The Morgan fingerprint density at radius 2 is 1.26 bits per heavy atom. The van der Waals surface area contributed by atoms with Gasteiger partial charge >= 0.3 is 0 Å². The van der Waals surface area contributed by atoms with Crippen molar-refractivity contribution in [3.63, 3.8) is 0 Å². The van der Waals surface area contributed by atoms with E-state index in [0.29, 0.717) is 0 Å². The Bertz CT molecular complexity index is 670. The number of hydroxylamine groups is 1. The molecule has 0 saturated carbocycles. The minimum absolute atomic E-state index is 0.293. The summed E-state index contributed by atoms with van der Waals surface area (Å²) in [5, 5.41) is 1.75. The molecule has 2 aromatic carbocycles. The summed E-state index contributed by atoms with van der Waals surface area (Å²) < 4.78 is 0. The topological polar surface area (TPSA) is 31.3 Å².